The van der Waals surface area contributed by atoms with E-state index in [1.165, 1.54) is 0 Å². The molecule has 0 saturated carbocycles. The van der Waals surface area contributed by atoms with Crippen LogP contribution in [0.15, 0.2) is 288 Å². The van der Waals surface area contributed by atoms with E-state index in [9.17, 15) is 34.5 Å². The molecule has 23 heteroatoms. The predicted octanol–water partition coefficient (Wildman–Crippen LogP) is 15.6. The smallest absolute Gasteiger partial charge is 0.418 e. The standard InChI is InChI=1S/C69H51N9O3.2BF4.Cu/c79-67(76-61(49-31-13-4-14-32-49)58(46-25-7-1-8-26-46)73-64(76)55-37-19-22-40-70-55)52-43-53(68(80)77-62(50-33-15-5-16-34-50)59(47-27-9-2-10-28-47)74-65(77)56-38-20-23-41-71-56)45-54(44-52)69(81)78-63(51-35-17-6-18-36-51)60(48-29-11-3-12-30-48)75-66(78)57-39-21-24-42-72-57;2*2-1(3,4)5;/h1-45,58-63H;;;/q;2*-1;+2/t58-,59-,60-,61-,62-,63-;;;/m1.../s1. The molecule has 3 aromatic heterocycles. The number of aliphatic imine (C=N–C) groups is 3. The molecule has 3 aliphatic rings. The van der Waals surface area contributed by atoms with E-state index in [2.05, 4.69) is 0 Å². The zero-order valence-corrected chi connectivity index (χ0v) is 49.1. The fraction of sp³-hybridized carbons (Fsp3) is 0.0870. The summed E-state index contributed by atoms with van der Waals surface area (Å²) in [6, 6.07) is 76.7. The van der Waals surface area contributed by atoms with Gasteiger partial charge in [0.1, 0.15) is 35.2 Å². The first-order chi connectivity index (χ1) is 44.0. The summed E-state index contributed by atoms with van der Waals surface area (Å²) < 4.78 is 78.0. The van der Waals surface area contributed by atoms with Crippen molar-refractivity contribution in [1.82, 2.24) is 29.7 Å². The summed E-state index contributed by atoms with van der Waals surface area (Å²) in [4.78, 5) is 84.9. The average molecular weight is 1290 g/mol. The van der Waals surface area contributed by atoms with Gasteiger partial charge >= 0.3 is 31.6 Å². The molecule has 1 radical (unpaired) electrons. The Morgan fingerprint density at radius 1 is 0.293 bits per heavy atom. The monoisotopic (exact) mass is 1290 g/mol. The molecule has 0 fully saturated rings. The van der Waals surface area contributed by atoms with Crippen LogP contribution < -0.4 is 0 Å². The number of benzene rings is 7. The van der Waals surface area contributed by atoms with E-state index >= 15 is 14.4 Å². The quantitative estimate of drug-likeness (QED) is 0.0882. The van der Waals surface area contributed by atoms with Crippen molar-refractivity contribution < 1.29 is 66.0 Å². The molecule has 0 N–H and O–H groups in total. The number of hydrogen-bond acceptors (Lipinski definition) is 9. The van der Waals surface area contributed by atoms with Gasteiger partial charge in [-0.2, -0.15) is 0 Å². The van der Waals surface area contributed by atoms with Crippen molar-refractivity contribution >= 4 is 49.7 Å². The Bertz CT molecular complexity index is 3790. The minimum Gasteiger partial charge on any atom is -0.418 e. The molecule has 0 saturated heterocycles. The van der Waals surface area contributed by atoms with Gasteiger partial charge in [0.15, 0.2) is 17.5 Å². The van der Waals surface area contributed by atoms with Crippen LogP contribution in [0.3, 0.4) is 0 Å². The van der Waals surface area contributed by atoms with Gasteiger partial charge < -0.3 is 34.5 Å². The van der Waals surface area contributed by atoms with Crippen LogP contribution in [0, 0.1) is 0 Å². The molecule has 0 aliphatic carbocycles. The first-order valence-corrected chi connectivity index (χ1v) is 28.7. The summed E-state index contributed by atoms with van der Waals surface area (Å²) in [5.74, 6) is -0.487. The Kier molecular flexibility index (Phi) is 20.0. The number of carbonyl (C=O) groups is 3. The second-order valence-corrected chi connectivity index (χ2v) is 21.0. The number of amidine groups is 3. The molecular formula is C69H51B2CuF8N9O3. The molecule has 0 unspecified atom stereocenters. The van der Waals surface area contributed by atoms with E-state index in [-0.39, 0.29) is 33.8 Å². The van der Waals surface area contributed by atoms with Crippen molar-refractivity contribution in [3.8, 4) is 0 Å². The molecular weight excluding hydrogens is 1240 g/mol. The topological polar surface area (TPSA) is 137 Å². The average Bonchev–Trinajstić information content (AvgIpc) is 1.58. The van der Waals surface area contributed by atoms with Crippen molar-refractivity contribution in [2.24, 2.45) is 15.0 Å². The van der Waals surface area contributed by atoms with Gasteiger partial charge in [-0.05, 0) is 88.0 Å². The molecule has 3 amide bonds. The van der Waals surface area contributed by atoms with Crippen molar-refractivity contribution in [1.29, 1.82) is 0 Å². The molecule has 6 atom stereocenters. The molecule has 3 aliphatic heterocycles. The van der Waals surface area contributed by atoms with Crippen molar-refractivity contribution in [3.63, 3.8) is 0 Å². The van der Waals surface area contributed by atoms with Gasteiger partial charge in [-0.15, -0.1) is 0 Å². The molecule has 92 heavy (non-hydrogen) atoms. The SMILES string of the molecule is F[B-](F)(F)F.F[B-](F)(F)F.O=C(c1cc(C(=O)N2C(c3ccccn3)=N[C@H](c3ccccc3)[C@H]2c2ccccc2)cc(C(=O)N2C(c3ccccn3)=N[C@H](c3ccccc3)[C@H]2c2ccccc2)c1)N1C(c2ccccn2)=N[C@H](c2ccccc2)[C@H]1c1ccccc1.[Cu+2]. The Morgan fingerprint density at radius 3 is 0.685 bits per heavy atom. The van der Waals surface area contributed by atoms with Gasteiger partial charge in [-0.1, -0.05) is 200 Å². The van der Waals surface area contributed by atoms with Gasteiger partial charge in [0, 0.05) is 35.3 Å². The maximum atomic E-state index is 16.5. The number of pyridine rings is 3. The largest absolute Gasteiger partial charge is 2.00 e. The van der Waals surface area contributed by atoms with E-state index in [0.717, 1.165) is 33.4 Å². The number of amides is 3. The normalized spacial score (nSPS) is 18.4. The summed E-state index contributed by atoms with van der Waals surface area (Å²) in [6.45, 7) is 0. The van der Waals surface area contributed by atoms with E-state index in [1.54, 1.807) is 51.5 Å². The van der Waals surface area contributed by atoms with Crippen LogP contribution >= 0.6 is 0 Å². The maximum Gasteiger partial charge on any atom is 2.00 e. The first kappa shape index (κ1) is 64.5. The van der Waals surface area contributed by atoms with Crippen LogP contribution in [0.4, 0.5) is 34.5 Å². The fourth-order valence-corrected chi connectivity index (χ4v) is 11.4. The summed E-state index contributed by atoms with van der Waals surface area (Å²) >= 11 is 0. The van der Waals surface area contributed by atoms with Crippen molar-refractivity contribution in [3.05, 3.63) is 341 Å². The predicted molar refractivity (Wildman–Crippen MR) is 333 cm³/mol. The van der Waals surface area contributed by atoms with Gasteiger partial charge in [-0.3, -0.25) is 59.0 Å². The van der Waals surface area contributed by atoms with Crippen LogP contribution in [0.1, 0.15) is 118 Å². The minimum atomic E-state index is -6.00. The molecule has 10 aromatic rings. The summed E-state index contributed by atoms with van der Waals surface area (Å²) in [5, 5.41) is 0. The molecule has 463 valence electrons. The van der Waals surface area contributed by atoms with E-state index in [1.807, 2.05) is 237 Å². The second kappa shape index (κ2) is 28.5. The first-order valence-electron chi connectivity index (χ1n) is 28.7. The Hall–Kier alpha value is -10.5. The van der Waals surface area contributed by atoms with Crippen LogP contribution in [0.2, 0.25) is 0 Å². The van der Waals surface area contributed by atoms with Gasteiger partial charge in [-0.25, -0.2) is 0 Å². The molecule has 0 spiro atoms. The third-order valence-corrected chi connectivity index (χ3v) is 15.1. The number of hydrogen-bond donors (Lipinski definition) is 0. The summed E-state index contributed by atoms with van der Waals surface area (Å²) in [5.41, 5.74) is 6.79. The Morgan fingerprint density at radius 2 is 0.489 bits per heavy atom. The Labute approximate surface area is 534 Å². The number of halogens is 8. The third kappa shape index (κ3) is 14.9. The third-order valence-electron chi connectivity index (χ3n) is 15.1. The van der Waals surface area contributed by atoms with Crippen molar-refractivity contribution in [2.75, 3.05) is 0 Å². The molecule has 13 rings (SSSR count). The molecule has 12 nitrogen and oxygen atoms in total. The van der Waals surface area contributed by atoms with E-state index in [0.29, 0.717) is 34.6 Å². The van der Waals surface area contributed by atoms with Gasteiger partial charge in [0.05, 0.1) is 18.1 Å². The maximum absolute atomic E-state index is 16.5. The van der Waals surface area contributed by atoms with Gasteiger partial charge in [0.2, 0.25) is 0 Å². The summed E-state index contributed by atoms with van der Waals surface area (Å²) in [6.07, 6.45) is 5.03. The van der Waals surface area contributed by atoms with Crippen LogP contribution in [0.25, 0.3) is 0 Å². The second-order valence-electron chi connectivity index (χ2n) is 21.0. The molecule has 0 bridgehead atoms. The van der Waals surface area contributed by atoms with Gasteiger partial charge in [0.25, 0.3) is 17.7 Å². The van der Waals surface area contributed by atoms with Crippen LogP contribution in [-0.2, 0) is 17.1 Å². The minimum absolute atomic E-state index is 0. The number of carbonyl (C=O) groups excluding carboxylic acids is 3. The number of aromatic nitrogens is 3. The number of nitrogens with zero attached hydrogens (tertiary/aromatic N) is 9. The van der Waals surface area contributed by atoms with Crippen molar-refractivity contribution in [2.45, 2.75) is 36.3 Å². The number of rotatable bonds is 12. The summed E-state index contributed by atoms with van der Waals surface area (Å²) in [7, 11) is -12.0. The van der Waals surface area contributed by atoms with E-state index in [4.69, 9.17) is 29.9 Å². The molecule has 6 heterocycles. The van der Waals surface area contributed by atoms with Crippen LogP contribution in [0.5, 0.6) is 0 Å². The zero-order chi connectivity index (χ0) is 63.7. The molecule has 7 aromatic carbocycles. The zero-order valence-electron chi connectivity index (χ0n) is 48.2. The fourth-order valence-electron chi connectivity index (χ4n) is 11.4. The van der Waals surface area contributed by atoms with E-state index < -0.39 is 68.5 Å². The Balaban J connectivity index is 0.000000785. The van der Waals surface area contributed by atoms with Crippen LogP contribution in [-0.4, -0.2) is 79.4 Å².